The summed E-state index contributed by atoms with van der Waals surface area (Å²) in [4.78, 5) is 13.2. The van der Waals surface area contributed by atoms with Crippen LogP contribution in [0.3, 0.4) is 0 Å². The van der Waals surface area contributed by atoms with Crippen molar-refractivity contribution in [2.24, 2.45) is 5.92 Å². The normalized spacial score (nSPS) is 23.8. The van der Waals surface area contributed by atoms with E-state index in [0.717, 1.165) is 35.2 Å². The van der Waals surface area contributed by atoms with Crippen molar-refractivity contribution in [1.82, 2.24) is 0 Å². The van der Waals surface area contributed by atoms with Crippen LogP contribution in [0.2, 0.25) is 0 Å². The summed E-state index contributed by atoms with van der Waals surface area (Å²) in [5, 5.41) is 12.8. The predicted molar refractivity (Wildman–Crippen MR) is 90.7 cm³/mol. The van der Waals surface area contributed by atoms with Gasteiger partial charge in [-0.2, -0.15) is 0 Å². The quantitative estimate of drug-likeness (QED) is 0.876. The summed E-state index contributed by atoms with van der Waals surface area (Å²) >= 11 is 0. The molecule has 2 N–H and O–H groups in total. The smallest absolute Gasteiger partial charge is 0.239 e. The molecule has 0 spiro atoms. The number of rotatable bonds is 2. The topological polar surface area (TPSA) is 49.3 Å². The van der Waals surface area contributed by atoms with Gasteiger partial charge in [-0.25, -0.2) is 0 Å². The van der Waals surface area contributed by atoms with Crippen molar-refractivity contribution in [3.8, 4) is 5.75 Å². The van der Waals surface area contributed by atoms with E-state index in [1.165, 1.54) is 12.8 Å². The zero-order valence-corrected chi connectivity index (χ0v) is 13.3. The Morgan fingerprint density at radius 2 is 1.78 bits per heavy atom. The highest BCUT2D eigenvalue weighted by Gasteiger charge is 2.54. The number of phenolic OH excluding ortho intramolecular Hbond substituents is 1. The van der Waals surface area contributed by atoms with E-state index in [-0.39, 0.29) is 11.7 Å². The molecule has 0 bridgehead atoms. The first-order chi connectivity index (χ1) is 11.1. The van der Waals surface area contributed by atoms with Gasteiger partial charge in [0.2, 0.25) is 5.91 Å². The summed E-state index contributed by atoms with van der Waals surface area (Å²) in [6.07, 6.45) is 4.50. The van der Waals surface area contributed by atoms with Crippen molar-refractivity contribution in [3.05, 3.63) is 59.2 Å². The number of nitrogens with one attached hydrogen (secondary N) is 1. The third-order valence-corrected chi connectivity index (χ3v) is 5.58. The molecule has 1 amide bonds. The van der Waals surface area contributed by atoms with Crippen LogP contribution in [-0.4, -0.2) is 11.0 Å². The number of carbonyl (C=O) groups is 1. The highest BCUT2D eigenvalue weighted by atomic mass is 16.3. The van der Waals surface area contributed by atoms with Crippen LogP contribution < -0.4 is 5.32 Å². The summed E-state index contributed by atoms with van der Waals surface area (Å²) in [6, 6.07) is 13.4. The van der Waals surface area contributed by atoms with Crippen molar-refractivity contribution in [1.29, 1.82) is 0 Å². The molecule has 2 aliphatic rings. The molecule has 1 aliphatic carbocycles. The highest BCUT2D eigenvalue weighted by Crippen LogP contribution is 2.53. The van der Waals surface area contributed by atoms with E-state index in [0.29, 0.717) is 5.92 Å². The van der Waals surface area contributed by atoms with E-state index in [1.807, 2.05) is 31.2 Å². The molecule has 1 unspecified atom stereocenters. The number of anilines is 1. The van der Waals surface area contributed by atoms with E-state index in [1.54, 1.807) is 12.1 Å². The monoisotopic (exact) mass is 307 g/mol. The molecule has 0 aromatic heterocycles. The molecule has 2 aromatic rings. The number of hydrogen-bond acceptors (Lipinski definition) is 2. The molecule has 2 aromatic carbocycles. The van der Waals surface area contributed by atoms with Crippen LogP contribution in [0.1, 0.15) is 42.4 Å². The lowest BCUT2D eigenvalue weighted by Gasteiger charge is -2.34. The van der Waals surface area contributed by atoms with Crippen LogP contribution >= 0.6 is 0 Å². The van der Waals surface area contributed by atoms with Gasteiger partial charge >= 0.3 is 0 Å². The summed E-state index contributed by atoms with van der Waals surface area (Å²) in [5.41, 5.74) is 3.54. The Morgan fingerprint density at radius 3 is 2.48 bits per heavy atom. The van der Waals surface area contributed by atoms with Gasteiger partial charge < -0.3 is 10.4 Å². The van der Waals surface area contributed by atoms with Crippen molar-refractivity contribution in [2.45, 2.75) is 38.0 Å². The summed E-state index contributed by atoms with van der Waals surface area (Å²) in [7, 11) is 0. The van der Waals surface area contributed by atoms with Gasteiger partial charge in [-0.3, -0.25) is 4.79 Å². The van der Waals surface area contributed by atoms with E-state index in [2.05, 4.69) is 11.4 Å². The van der Waals surface area contributed by atoms with Gasteiger partial charge in [0, 0.05) is 5.69 Å². The first kappa shape index (κ1) is 14.3. The first-order valence-electron chi connectivity index (χ1n) is 8.35. The van der Waals surface area contributed by atoms with Crippen LogP contribution in [0.5, 0.6) is 5.75 Å². The van der Waals surface area contributed by atoms with Crippen LogP contribution in [0.25, 0.3) is 0 Å². The Labute approximate surface area is 136 Å². The minimum atomic E-state index is -0.619. The van der Waals surface area contributed by atoms with Crippen LogP contribution in [-0.2, 0) is 10.2 Å². The van der Waals surface area contributed by atoms with E-state index in [9.17, 15) is 9.90 Å². The molecule has 23 heavy (non-hydrogen) atoms. The van der Waals surface area contributed by atoms with Gasteiger partial charge in [0.25, 0.3) is 0 Å². The predicted octanol–water partition coefficient (Wildman–Crippen LogP) is 4.13. The molecule has 1 fully saturated rings. The molecule has 1 heterocycles. The average molecular weight is 307 g/mol. The Hall–Kier alpha value is -2.29. The molecule has 0 radical (unpaired) electrons. The van der Waals surface area contributed by atoms with Gasteiger partial charge in [-0.15, -0.1) is 0 Å². The van der Waals surface area contributed by atoms with Gasteiger partial charge in [-0.1, -0.05) is 43.2 Å². The molecule has 0 saturated heterocycles. The van der Waals surface area contributed by atoms with Crippen LogP contribution in [0.4, 0.5) is 5.69 Å². The third-order valence-electron chi connectivity index (χ3n) is 5.58. The highest BCUT2D eigenvalue weighted by molar-refractivity contribution is 6.09. The van der Waals surface area contributed by atoms with Crippen molar-refractivity contribution in [2.75, 3.05) is 5.32 Å². The fraction of sp³-hybridized carbons (Fsp3) is 0.350. The molecule has 1 atom stereocenters. The Morgan fingerprint density at radius 1 is 1.09 bits per heavy atom. The SMILES string of the molecule is Cc1cccc2c1NC(=O)C2(c1ccc(O)cc1)C1CCCC1. The Balaban J connectivity index is 1.99. The maximum absolute atomic E-state index is 13.2. The zero-order valence-electron chi connectivity index (χ0n) is 13.3. The molecule has 118 valence electrons. The zero-order chi connectivity index (χ0) is 16.0. The molecule has 4 rings (SSSR count). The fourth-order valence-corrected chi connectivity index (χ4v) is 4.51. The van der Waals surface area contributed by atoms with Crippen LogP contribution in [0.15, 0.2) is 42.5 Å². The molecule has 3 nitrogen and oxygen atoms in total. The lowest BCUT2D eigenvalue weighted by molar-refractivity contribution is -0.121. The van der Waals surface area contributed by atoms with Crippen molar-refractivity contribution < 1.29 is 9.90 Å². The molecule has 3 heteroatoms. The number of phenols is 1. The Kier molecular flexibility index (Phi) is 3.19. The molecular formula is C20H21NO2. The number of aryl methyl sites for hydroxylation is 1. The number of benzene rings is 2. The average Bonchev–Trinajstić information content (AvgIpc) is 3.16. The van der Waals surface area contributed by atoms with Gasteiger partial charge in [-0.05, 0) is 54.5 Å². The van der Waals surface area contributed by atoms with Gasteiger partial charge in [0.05, 0.1) is 0 Å². The standard InChI is InChI=1S/C20H21NO2/c1-13-5-4-8-17-18(13)21-19(23)20(17,14-6-2-3-7-14)15-9-11-16(22)12-10-15/h4-5,8-12,14,22H,2-3,6-7H2,1H3,(H,21,23). The minimum Gasteiger partial charge on any atom is -0.508 e. The first-order valence-corrected chi connectivity index (χ1v) is 8.35. The molecular weight excluding hydrogens is 286 g/mol. The molecule has 1 aliphatic heterocycles. The number of carbonyl (C=O) groups excluding carboxylic acids is 1. The number of fused-ring (bicyclic) bond motifs is 1. The summed E-state index contributed by atoms with van der Waals surface area (Å²) in [5.74, 6) is 0.632. The minimum absolute atomic E-state index is 0.0828. The van der Waals surface area contributed by atoms with E-state index >= 15 is 0 Å². The van der Waals surface area contributed by atoms with Gasteiger partial charge in [0.1, 0.15) is 11.2 Å². The second kappa shape index (κ2) is 5.12. The second-order valence-corrected chi connectivity index (χ2v) is 6.79. The number of amides is 1. The van der Waals surface area contributed by atoms with E-state index < -0.39 is 5.41 Å². The summed E-state index contributed by atoms with van der Waals surface area (Å²) in [6.45, 7) is 2.04. The largest absolute Gasteiger partial charge is 0.508 e. The maximum atomic E-state index is 13.2. The lowest BCUT2D eigenvalue weighted by Crippen LogP contribution is -2.42. The Bertz CT molecular complexity index is 760. The second-order valence-electron chi connectivity index (χ2n) is 6.79. The maximum Gasteiger partial charge on any atom is 0.239 e. The fourth-order valence-electron chi connectivity index (χ4n) is 4.51. The number of hydrogen-bond donors (Lipinski definition) is 2. The van der Waals surface area contributed by atoms with Crippen molar-refractivity contribution >= 4 is 11.6 Å². The van der Waals surface area contributed by atoms with E-state index in [4.69, 9.17) is 0 Å². The third kappa shape index (κ3) is 1.92. The number of aromatic hydroxyl groups is 1. The van der Waals surface area contributed by atoms with Crippen LogP contribution in [0, 0.1) is 12.8 Å². The van der Waals surface area contributed by atoms with Gasteiger partial charge in [0.15, 0.2) is 0 Å². The van der Waals surface area contributed by atoms with Crippen molar-refractivity contribution in [3.63, 3.8) is 0 Å². The lowest BCUT2D eigenvalue weighted by atomic mass is 9.65. The molecule has 1 saturated carbocycles. The number of para-hydroxylation sites is 1. The summed E-state index contributed by atoms with van der Waals surface area (Å²) < 4.78 is 0.